The minimum absolute atomic E-state index is 0.0799. The minimum atomic E-state index is -0.882. The summed E-state index contributed by atoms with van der Waals surface area (Å²) in [6.45, 7) is 1.31. The molecular weight excluding hydrogens is 432 g/mol. The molecule has 0 atom stereocenters. The third kappa shape index (κ3) is 3.58. The van der Waals surface area contributed by atoms with Crippen molar-refractivity contribution in [3.05, 3.63) is 35.4 Å². The Kier molecular flexibility index (Phi) is 4.97. The van der Waals surface area contributed by atoms with E-state index in [2.05, 4.69) is 16.0 Å². The van der Waals surface area contributed by atoms with E-state index in [4.69, 9.17) is 0 Å². The van der Waals surface area contributed by atoms with Crippen molar-refractivity contribution in [2.75, 3.05) is 13.1 Å². The van der Waals surface area contributed by atoms with Gasteiger partial charge in [0.1, 0.15) is 5.54 Å². The van der Waals surface area contributed by atoms with E-state index in [9.17, 15) is 19.2 Å². The number of benzene rings is 1. The molecule has 1 aromatic carbocycles. The standard InChI is InChI=1S/C26H32N4O4/c31-21(30-7-5-26(6-8-30)23(33)28-24(34)29-26)20-3-1-16(2-4-20)15-27-22(32)25-12-17-9-18(13-25)11-19(10-17)14-25/h1-4,17-19H,5-15H2,(H,27,32)(H2,28,29,33,34). The molecule has 2 saturated heterocycles. The van der Waals surface area contributed by atoms with Crippen LogP contribution in [0.2, 0.25) is 0 Å². The fraction of sp³-hybridized carbons (Fsp3) is 0.615. The Balaban J connectivity index is 1.04. The van der Waals surface area contributed by atoms with Crippen LogP contribution in [0.4, 0.5) is 4.79 Å². The van der Waals surface area contributed by atoms with Crippen LogP contribution in [0.25, 0.3) is 0 Å². The molecule has 0 radical (unpaired) electrons. The molecule has 6 fully saturated rings. The summed E-state index contributed by atoms with van der Waals surface area (Å²) >= 11 is 0. The van der Waals surface area contributed by atoms with Gasteiger partial charge in [-0.05, 0) is 86.8 Å². The second kappa shape index (κ2) is 7.82. The number of nitrogens with zero attached hydrogens (tertiary/aromatic N) is 1. The number of amides is 5. The Labute approximate surface area is 199 Å². The summed E-state index contributed by atoms with van der Waals surface area (Å²) in [5.74, 6) is 2.06. The van der Waals surface area contributed by atoms with Crippen molar-refractivity contribution < 1.29 is 19.2 Å². The highest BCUT2D eigenvalue weighted by Gasteiger charge is 2.54. The number of likely N-dealkylation sites (tertiary alicyclic amines) is 1. The first-order valence-corrected chi connectivity index (χ1v) is 12.6. The van der Waals surface area contributed by atoms with Crippen LogP contribution < -0.4 is 16.0 Å². The first-order valence-electron chi connectivity index (χ1n) is 12.6. The molecule has 8 heteroatoms. The van der Waals surface area contributed by atoms with Gasteiger partial charge in [0.15, 0.2) is 0 Å². The number of urea groups is 1. The first-order chi connectivity index (χ1) is 16.3. The number of hydrogen-bond acceptors (Lipinski definition) is 4. The van der Waals surface area contributed by atoms with E-state index in [1.54, 1.807) is 4.90 Å². The van der Waals surface area contributed by atoms with Crippen molar-refractivity contribution in [2.24, 2.45) is 23.2 Å². The van der Waals surface area contributed by atoms with Gasteiger partial charge in [-0.25, -0.2) is 4.79 Å². The molecular formula is C26H32N4O4. The van der Waals surface area contributed by atoms with Crippen molar-refractivity contribution >= 4 is 23.8 Å². The van der Waals surface area contributed by atoms with Crippen molar-refractivity contribution in [1.29, 1.82) is 0 Å². The van der Waals surface area contributed by atoms with Crippen LogP contribution in [-0.4, -0.2) is 47.3 Å². The Hall–Kier alpha value is -2.90. The second-order valence-electron chi connectivity index (χ2n) is 11.4. The zero-order chi connectivity index (χ0) is 23.5. The lowest BCUT2D eigenvalue weighted by Gasteiger charge is -2.55. The average Bonchev–Trinajstić information content (AvgIpc) is 3.09. The quantitative estimate of drug-likeness (QED) is 0.595. The van der Waals surface area contributed by atoms with Crippen LogP contribution in [0.1, 0.15) is 67.3 Å². The van der Waals surface area contributed by atoms with Gasteiger partial charge in [-0.15, -0.1) is 0 Å². The Bertz CT molecular complexity index is 1010. The predicted octanol–water partition coefficient (Wildman–Crippen LogP) is 2.33. The molecule has 3 N–H and O–H groups in total. The molecule has 0 aromatic heterocycles. The number of carbonyl (C=O) groups is 4. The highest BCUT2D eigenvalue weighted by atomic mass is 16.2. The molecule has 180 valence electrons. The summed E-state index contributed by atoms with van der Waals surface area (Å²) in [6.07, 6.45) is 7.95. The lowest BCUT2D eigenvalue weighted by molar-refractivity contribution is -0.146. The third-order valence-electron chi connectivity index (χ3n) is 9.09. The van der Waals surface area contributed by atoms with Gasteiger partial charge in [-0.2, -0.15) is 0 Å². The van der Waals surface area contributed by atoms with Crippen LogP contribution in [0.15, 0.2) is 24.3 Å². The Morgan fingerprint density at radius 1 is 0.941 bits per heavy atom. The molecule has 7 rings (SSSR count). The van der Waals surface area contributed by atoms with E-state index in [1.807, 2.05) is 24.3 Å². The summed E-state index contributed by atoms with van der Waals surface area (Å²) in [5, 5.41) is 8.21. The normalized spacial score (nSPS) is 33.1. The van der Waals surface area contributed by atoms with E-state index in [-0.39, 0.29) is 23.1 Å². The van der Waals surface area contributed by atoms with E-state index < -0.39 is 11.6 Å². The van der Waals surface area contributed by atoms with Crippen LogP contribution in [0.3, 0.4) is 0 Å². The van der Waals surface area contributed by atoms with Crippen LogP contribution >= 0.6 is 0 Å². The van der Waals surface area contributed by atoms with Gasteiger partial charge in [0.25, 0.3) is 11.8 Å². The van der Waals surface area contributed by atoms with Gasteiger partial charge in [0.05, 0.1) is 0 Å². The summed E-state index contributed by atoms with van der Waals surface area (Å²) in [7, 11) is 0. The highest BCUT2D eigenvalue weighted by Crippen LogP contribution is 2.60. The van der Waals surface area contributed by atoms with Crippen molar-refractivity contribution in [3.63, 3.8) is 0 Å². The average molecular weight is 465 g/mol. The van der Waals surface area contributed by atoms with Crippen molar-refractivity contribution in [3.8, 4) is 0 Å². The maximum Gasteiger partial charge on any atom is 0.322 e. The fourth-order valence-electron chi connectivity index (χ4n) is 7.68. The van der Waals surface area contributed by atoms with Crippen LogP contribution in [-0.2, 0) is 16.1 Å². The molecule has 4 aliphatic carbocycles. The molecule has 6 aliphatic rings. The Morgan fingerprint density at radius 3 is 2.06 bits per heavy atom. The molecule has 8 nitrogen and oxygen atoms in total. The zero-order valence-corrected chi connectivity index (χ0v) is 19.4. The molecule has 2 heterocycles. The van der Waals surface area contributed by atoms with Gasteiger partial charge < -0.3 is 15.5 Å². The SMILES string of the molecule is O=C1NC(=O)C2(CCN(C(=O)c3ccc(CNC(=O)C45CC6CC(CC(C6)C4)C5)cc3)CC2)N1. The first kappa shape index (κ1) is 21.6. The number of rotatable bonds is 4. The highest BCUT2D eigenvalue weighted by molar-refractivity contribution is 6.07. The molecule has 1 aromatic rings. The molecule has 4 saturated carbocycles. The number of nitrogens with one attached hydrogen (secondary N) is 3. The van der Waals surface area contributed by atoms with Gasteiger partial charge >= 0.3 is 6.03 Å². The molecule has 1 spiro atoms. The third-order valence-corrected chi connectivity index (χ3v) is 9.09. The predicted molar refractivity (Wildman–Crippen MR) is 123 cm³/mol. The minimum Gasteiger partial charge on any atom is -0.352 e. The summed E-state index contributed by atoms with van der Waals surface area (Å²) in [4.78, 5) is 51.5. The maximum atomic E-state index is 13.2. The van der Waals surface area contributed by atoms with Crippen LogP contribution in [0.5, 0.6) is 0 Å². The molecule has 34 heavy (non-hydrogen) atoms. The summed E-state index contributed by atoms with van der Waals surface area (Å²) in [5.41, 5.74) is 0.545. The molecule has 4 bridgehead atoms. The molecule has 5 amide bonds. The topological polar surface area (TPSA) is 108 Å². The molecule has 0 unspecified atom stereocenters. The molecule has 2 aliphatic heterocycles. The largest absolute Gasteiger partial charge is 0.352 e. The zero-order valence-electron chi connectivity index (χ0n) is 19.4. The summed E-state index contributed by atoms with van der Waals surface area (Å²) in [6, 6.07) is 6.97. The smallest absolute Gasteiger partial charge is 0.322 e. The van der Waals surface area contributed by atoms with Gasteiger partial charge in [0.2, 0.25) is 5.91 Å². The van der Waals surface area contributed by atoms with Gasteiger partial charge in [-0.3, -0.25) is 19.7 Å². The van der Waals surface area contributed by atoms with Crippen molar-refractivity contribution in [2.45, 2.75) is 63.5 Å². The van der Waals surface area contributed by atoms with Crippen molar-refractivity contribution in [1.82, 2.24) is 20.9 Å². The second-order valence-corrected chi connectivity index (χ2v) is 11.4. The fourth-order valence-corrected chi connectivity index (χ4v) is 7.68. The van der Waals surface area contributed by atoms with E-state index >= 15 is 0 Å². The number of piperidine rings is 1. The van der Waals surface area contributed by atoms with E-state index in [0.717, 1.165) is 42.6 Å². The number of hydrogen-bond donors (Lipinski definition) is 3. The maximum absolute atomic E-state index is 13.2. The lowest BCUT2D eigenvalue weighted by Crippen LogP contribution is -2.55. The lowest BCUT2D eigenvalue weighted by atomic mass is 9.49. The number of carbonyl (C=O) groups excluding carboxylic acids is 4. The van der Waals surface area contributed by atoms with Gasteiger partial charge in [-0.1, -0.05) is 12.1 Å². The van der Waals surface area contributed by atoms with E-state index in [1.165, 1.54) is 19.3 Å². The Morgan fingerprint density at radius 2 is 1.53 bits per heavy atom. The van der Waals surface area contributed by atoms with E-state index in [0.29, 0.717) is 38.0 Å². The summed E-state index contributed by atoms with van der Waals surface area (Å²) < 4.78 is 0. The van der Waals surface area contributed by atoms with Gasteiger partial charge in [0, 0.05) is 30.6 Å². The monoisotopic (exact) mass is 464 g/mol. The van der Waals surface area contributed by atoms with Crippen LogP contribution in [0, 0.1) is 23.2 Å². The number of imide groups is 1.